The van der Waals surface area contributed by atoms with Crippen molar-refractivity contribution in [3.63, 3.8) is 0 Å². The molecule has 0 aliphatic rings. The molecule has 14 N–H and O–H groups in total. The quantitative estimate of drug-likeness (QED) is 0.0361. The Kier molecular flexibility index (Phi) is 34.4. The number of aromatic carboxylic acids is 1. The van der Waals surface area contributed by atoms with Crippen molar-refractivity contribution < 1.29 is 67.6 Å². The molecule has 0 atom stereocenters. The Morgan fingerprint density at radius 1 is 0.538 bits per heavy atom. The zero-order valence-electron chi connectivity index (χ0n) is 53.6. The molecule has 8 heterocycles. The van der Waals surface area contributed by atoms with E-state index in [1.54, 1.807) is 97.8 Å². The number of aliphatic hydroxyl groups is 5. The van der Waals surface area contributed by atoms with Gasteiger partial charge in [-0.25, -0.2) is 57.8 Å². The summed E-state index contributed by atoms with van der Waals surface area (Å²) in [4.78, 5) is 69.3. The van der Waals surface area contributed by atoms with Crippen molar-refractivity contribution in [1.82, 2.24) is 64.7 Å². The number of carbonyl (C=O) groups excluding carboxylic acids is 1. The Hall–Kier alpha value is -13.0. The second-order valence-electron chi connectivity index (χ2n) is 20.2. The number of carboxylic acid groups (broad SMARTS) is 1. The second kappa shape index (κ2) is 42.9. The van der Waals surface area contributed by atoms with Gasteiger partial charge in [-0.2, -0.15) is 10.5 Å². The lowest BCUT2D eigenvalue weighted by molar-refractivity contribution is 0.0691. The predicted molar refractivity (Wildman–Crippen MR) is 383 cm³/mol. The Balaban J connectivity index is 0.000000297. The molecule has 0 aliphatic carbocycles. The van der Waals surface area contributed by atoms with E-state index in [2.05, 4.69) is 60.1 Å². The van der Waals surface area contributed by atoms with Crippen LogP contribution in [0.1, 0.15) is 66.0 Å². The number of aliphatic hydroxyl groups excluding tert-OH is 5. The molecule has 29 nitrogen and oxygen atoms in total. The van der Waals surface area contributed by atoms with E-state index < -0.39 is 23.5 Å². The van der Waals surface area contributed by atoms with Crippen LogP contribution in [0.2, 0.25) is 0 Å². The SMILES string of the molecule is C.C.C.Cn1cnc2ccc(-c3nc(C(=O)O)c(N)nc3-c3ccc(F)cc3)cc21.N#Cc1ncccc1F.N#Cc1ncccc1OCCO.NCc1ncccc1OCCO.Nc1nc(-c2ccc(F)cc2)c(-c2ccc3nc[nH]c3c2)nc1C(=O)NCc1ncccc1OCCO.OCCO. The minimum atomic E-state index is -1.27. The number of nitrogen functional groups attached to an aromatic ring is 2. The Bertz CT molecular complexity index is 4790. The molecular formula is C72H77F3N18O11. The van der Waals surface area contributed by atoms with Crippen LogP contribution in [0.15, 0.2) is 171 Å². The van der Waals surface area contributed by atoms with Gasteiger partial charge in [0.05, 0.1) is 103 Å². The van der Waals surface area contributed by atoms with Gasteiger partial charge >= 0.3 is 5.97 Å². The molecule has 0 bridgehead atoms. The smallest absolute Gasteiger partial charge is 0.358 e. The Morgan fingerprint density at radius 3 is 1.50 bits per heavy atom. The first-order chi connectivity index (χ1) is 49.0. The number of rotatable bonds is 19. The molecule has 0 unspecified atom stereocenters. The number of amides is 1. The van der Waals surface area contributed by atoms with E-state index in [0.717, 1.165) is 22.1 Å². The van der Waals surface area contributed by atoms with Crippen molar-refractivity contribution in [2.24, 2.45) is 12.8 Å². The van der Waals surface area contributed by atoms with Crippen molar-refractivity contribution in [1.29, 1.82) is 10.5 Å². The number of imidazole rings is 2. The monoisotopic (exact) mass is 1430 g/mol. The van der Waals surface area contributed by atoms with Gasteiger partial charge in [-0.3, -0.25) is 14.8 Å². The van der Waals surface area contributed by atoms with Crippen LogP contribution < -0.4 is 36.7 Å². The molecular weight excluding hydrogens is 1350 g/mol. The number of aromatic nitrogens is 12. The number of aryl methyl sites for hydroxylation is 1. The number of carboxylic acids is 1. The number of hydrogen-bond acceptors (Lipinski definition) is 25. The highest BCUT2D eigenvalue weighted by molar-refractivity contribution is 5.98. The average molecular weight is 1430 g/mol. The van der Waals surface area contributed by atoms with E-state index >= 15 is 0 Å². The number of nitrogens with two attached hydrogens (primary N) is 3. The lowest BCUT2D eigenvalue weighted by Gasteiger charge is -2.14. The standard InChI is InChI=1S/C26H22FN7O3.C19H14FN5O2.C8H12N2O2.C8H8N2O2.C6H3FN2.C2H6O2.3CH4/c27-17-6-3-15(4-7-17)22-23(16-5-8-18-19(12-16)32-14-31-18)33-24(25(28)34-22)26(36)30-13-20-21(37-11-10-35)2-1-9-29-20;1-25-9-22-13-7-4-11(8-14(13)25)16-15(10-2-5-12(20)6-3-10)24-18(21)17(23-16)19(26)27;2*9-6-7-8(12-5-4-11)2-1-3-10-7;7-5-2-1-3-9-6(5)4-8;3-1-2-4;;;/h1-9,12,14,35H,10-11,13H2,(H2,28,34)(H,30,36)(H,31,32);2-9H,1H3,(H2,21,24)(H,26,27);1-3,11H,4-6,9H2;1-3,11H,4-5H2;1-3H;3-4H,1-2H2;3*1H4. The number of fused-ring (bicyclic) bond motifs is 2. The summed E-state index contributed by atoms with van der Waals surface area (Å²) in [5.41, 5.74) is 25.5. The summed E-state index contributed by atoms with van der Waals surface area (Å²) >= 11 is 0. The molecule has 0 radical (unpaired) electrons. The lowest BCUT2D eigenvalue weighted by atomic mass is 10.0. The lowest BCUT2D eigenvalue weighted by Crippen LogP contribution is -2.26. The van der Waals surface area contributed by atoms with Gasteiger partial charge in [0.1, 0.15) is 60.8 Å². The van der Waals surface area contributed by atoms with Crippen LogP contribution in [0.25, 0.3) is 67.1 Å². The van der Waals surface area contributed by atoms with E-state index in [0.29, 0.717) is 80.2 Å². The molecule has 8 aromatic heterocycles. The number of nitriles is 2. The van der Waals surface area contributed by atoms with Crippen LogP contribution in [-0.2, 0) is 20.1 Å². The maximum absolute atomic E-state index is 13.6. The maximum Gasteiger partial charge on any atom is 0.358 e. The minimum absolute atomic E-state index is 0. The van der Waals surface area contributed by atoms with Gasteiger partial charge in [0.2, 0.25) is 0 Å². The number of nitrogens with one attached hydrogen (secondary N) is 2. The van der Waals surface area contributed by atoms with Crippen molar-refractivity contribution >= 4 is 45.6 Å². The van der Waals surface area contributed by atoms with E-state index in [9.17, 15) is 27.9 Å². The zero-order valence-corrected chi connectivity index (χ0v) is 53.6. The number of benzene rings is 4. The Labute approximate surface area is 595 Å². The van der Waals surface area contributed by atoms with Gasteiger partial charge in [-0.1, -0.05) is 34.4 Å². The molecule has 0 spiro atoms. The number of nitrogens with zero attached hydrogens (tertiary/aromatic N) is 13. The summed E-state index contributed by atoms with van der Waals surface area (Å²) in [6, 6.07) is 38.8. The van der Waals surface area contributed by atoms with Crippen molar-refractivity contribution in [3.8, 4) is 74.4 Å². The van der Waals surface area contributed by atoms with Gasteiger partial charge in [-0.05, 0) is 121 Å². The molecule has 12 rings (SSSR count). The van der Waals surface area contributed by atoms with Crippen molar-refractivity contribution in [2.45, 2.75) is 35.4 Å². The van der Waals surface area contributed by atoms with Crippen LogP contribution in [0.5, 0.6) is 17.2 Å². The molecule has 4 aromatic carbocycles. The first kappa shape index (κ1) is 83.5. The number of aromatic amines is 1. The average Bonchev–Trinajstić information content (AvgIpc) is 1.71. The first-order valence-electron chi connectivity index (χ1n) is 30.1. The normalized spacial score (nSPS) is 9.96. The van der Waals surface area contributed by atoms with E-state index in [4.69, 9.17) is 67.5 Å². The number of pyridine rings is 4. The van der Waals surface area contributed by atoms with Crippen LogP contribution in [-0.4, -0.2) is 155 Å². The minimum Gasteiger partial charge on any atom is -0.489 e. The van der Waals surface area contributed by atoms with Gasteiger partial charge < -0.3 is 76.9 Å². The summed E-state index contributed by atoms with van der Waals surface area (Å²) in [6.07, 6.45) is 9.40. The molecule has 104 heavy (non-hydrogen) atoms. The number of halogens is 3. The predicted octanol–water partition coefficient (Wildman–Crippen LogP) is 8.43. The zero-order chi connectivity index (χ0) is 72.6. The van der Waals surface area contributed by atoms with Crippen molar-refractivity contribution in [3.05, 3.63) is 223 Å². The van der Waals surface area contributed by atoms with Crippen LogP contribution in [0.4, 0.5) is 24.8 Å². The first-order valence-corrected chi connectivity index (χ1v) is 30.1. The summed E-state index contributed by atoms with van der Waals surface area (Å²) in [5.74, 6) is -1.96. The molecule has 0 aliphatic heterocycles. The van der Waals surface area contributed by atoms with Crippen LogP contribution in [0.3, 0.4) is 0 Å². The number of anilines is 2. The number of hydrogen-bond donors (Lipinski definition) is 11. The highest BCUT2D eigenvalue weighted by atomic mass is 19.1. The fourth-order valence-electron chi connectivity index (χ4n) is 8.77. The number of carbonyl (C=O) groups is 2. The third-order valence-electron chi connectivity index (χ3n) is 13.4. The molecule has 32 heteroatoms. The van der Waals surface area contributed by atoms with Gasteiger partial charge in [0, 0.05) is 60.6 Å². The maximum atomic E-state index is 13.6. The molecule has 12 aromatic rings. The Morgan fingerprint density at radius 2 is 0.990 bits per heavy atom. The van der Waals surface area contributed by atoms with Gasteiger partial charge in [0.15, 0.2) is 46.0 Å². The van der Waals surface area contributed by atoms with E-state index in [1.165, 1.54) is 48.8 Å². The summed E-state index contributed by atoms with van der Waals surface area (Å²) < 4.78 is 56.7. The second-order valence-corrected chi connectivity index (χ2v) is 20.2. The summed E-state index contributed by atoms with van der Waals surface area (Å²) in [5, 5.41) is 70.1. The fraction of sp³-hybridized carbons (Fsp3) is 0.194. The molecule has 0 saturated carbocycles. The topological polar surface area (TPSA) is 471 Å². The third kappa shape index (κ3) is 23.3. The molecule has 542 valence electrons. The number of ether oxygens (including phenoxy) is 3. The number of H-pyrrole nitrogens is 1. The van der Waals surface area contributed by atoms with Crippen molar-refractivity contribution in [2.75, 3.05) is 64.3 Å². The van der Waals surface area contributed by atoms with Gasteiger partial charge in [0.25, 0.3) is 5.91 Å². The highest BCUT2D eigenvalue weighted by Crippen LogP contribution is 2.35. The fourth-order valence-corrected chi connectivity index (χ4v) is 8.77. The summed E-state index contributed by atoms with van der Waals surface area (Å²) in [7, 11) is 1.86. The van der Waals surface area contributed by atoms with E-state index in [1.807, 2.05) is 48.0 Å². The largest absolute Gasteiger partial charge is 0.489 e. The summed E-state index contributed by atoms with van der Waals surface area (Å²) in [6.45, 7) is 0.469. The van der Waals surface area contributed by atoms with E-state index in [-0.39, 0.29) is 122 Å². The highest BCUT2D eigenvalue weighted by Gasteiger charge is 2.23. The van der Waals surface area contributed by atoms with Crippen LogP contribution >= 0.6 is 0 Å². The molecule has 0 fully saturated rings. The molecule has 0 saturated heterocycles. The van der Waals surface area contributed by atoms with Gasteiger partial charge in [-0.15, -0.1) is 0 Å². The van der Waals surface area contributed by atoms with Crippen LogP contribution in [0, 0.1) is 40.1 Å². The third-order valence-corrected chi connectivity index (χ3v) is 13.4. The molecule has 1 amide bonds.